The monoisotopic (exact) mass is 304 g/mol. The molecular formula is C14H12N2O2S2. The standard InChI is InChI=1S/C14H12N2O2S2/c1-19-11-6-4-10(5-7-11)17-9-13-15-16-14(18-13)12-3-2-8-20-12/h2-8H,9H2,1H3. The van der Waals surface area contributed by atoms with Crippen molar-refractivity contribution in [1.82, 2.24) is 10.2 Å². The van der Waals surface area contributed by atoms with E-state index in [-0.39, 0.29) is 6.61 Å². The smallest absolute Gasteiger partial charge is 0.257 e. The molecule has 0 aliphatic heterocycles. The number of benzene rings is 1. The Morgan fingerprint density at radius 2 is 2.05 bits per heavy atom. The summed E-state index contributed by atoms with van der Waals surface area (Å²) in [5, 5.41) is 9.97. The van der Waals surface area contributed by atoms with E-state index in [9.17, 15) is 0 Å². The zero-order chi connectivity index (χ0) is 13.8. The molecule has 0 aliphatic carbocycles. The van der Waals surface area contributed by atoms with Crippen molar-refractivity contribution >= 4 is 23.1 Å². The average molecular weight is 304 g/mol. The third kappa shape index (κ3) is 3.02. The van der Waals surface area contributed by atoms with E-state index in [4.69, 9.17) is 9.15 Å². The minimum atomic E-state index is 0.275. The number of hydrogen-bond acceptors (Lipinski definition) is 6. The van der Waals surface area contributed by atoms with Gasteiger partial charge < -0.3 is 9.15 Å². The summed E-state index contributed by atoms with van der Waals surface area (Å²) in [6.45, 7) is 0.275. The van der Waals surface area contributed by atoms with Gasteiger partial charge in [0.1, 0.15) is 5.75 Å². The molecule has 20 heavy (non-hydrogen) atoms. The van der Waals surface area contributed by atoms with Crippen LogP contribution in [0.5, 0.6) is 5.75 Å². The van der Waals surface area contributed by atoms with Crippen molar-refractivity contribution in [3.8, 4) is 16.5 Å². The Hall–Kier alpha value is -1.79. The van der Waals surface area contributed by atoms with Crippen LogP contribution >= 0.6 is 23.1 Å². The predicted molar refractivity (Wildman–Crippen MR) is 80.2 cm³/mol. The van der Waals surface area contributed by atoms with Gasteiger partial charge in [-0.3, -0.25) is 0 Å². The van der Waals surface area contributed by atoms with E-state index in [1.165, 1.54) is 4.90 Å². The number of ether oxygens (including phenoxy) is 1. The van der Waals surface area contributed by atoms with Crippen molar-refractivity contribution in [2.75, 3.05) is 6.26 Å². The summed E-state index contributed by atoms with van der Waals surface area (Å²) < 4.78 is 11.2. The number of rotatable bonds is 5. The Labute approximate surface area is 124 Å². The van der Waals surface area contributed by atoms with Crippen molar-refractivity contribution in [2.45, 2.75) is 11.5 Å². The maximum atomic E-state index is 5.62. The zero-order valence-electron chi connectivity index (χ0n) is 10.8. The summed E-state index contributed by atoms with van der Waals surface area (Å²) in [5.41, 5.74) is 0. The highest BCUT2D eigenvalue weighted by Gasteiger charge is 2.09. The molecule has 1 aromatic carbocycles. The fraction of sp³-hybridized carbons (Fsp3) is 0.143. The van der Waals surface area contributed by atoms with Gasteiger partial charge in [-0.05, 0) is 42.0 Å². The summed E-state index contributed by atoms with van der Waals surface area (Å²) in [7, 11) is 0. The van der Waals surface area contributed by atoms with Crippen LogP contribution in [0.25, 0.3) is 10.8 Å². The third-order valence-corrected chi connectivity index (χ3v) is 4.22. The summed E-state index contributed by atoms with van der Waals surface area (Å²) >= 11 is 3.27. The van der Waals surface area contributed by atoms with Crippen LogP contribution in [0.4, 0.5) is 0 Å². The molecule has 0 unspecified atom stereocenters. The molecule has 0 radical (unpaired) electrons. The summed E-state index contributed by atoms with van der Waals surface area (Å²) in [6.07, 6.45) is 2.04. The molecule has 2 aromatic heterocycles. The van der Waals surface area contributed by atoms with Gasteiger partial charge in [-0.2, -0.15) is 0 Å². The molecule has 0 amide bonds. The zero-order valence-corrected chi connectivity index (χ0v) is 12.4. The van der Waals surface area contributed by atoms with Crippen LogP contribution < -0.4 is 4.74 Å². The minimum Gasteiger partial charge on any atom is -0.484 e. The lowest BCUT2D eigenvalue weighted by Crippen LogP contribution is -1.95. The molecule has 6 heteroatoms. The minimum absolute atomic E-state index is 0.275. The SMILES string of the molecule is CSc1ccc(OCc2nnc(-c3cccs3)o2)cc1. The van der Waals surface area contributed by atoms with Gasteiger partial charge in [0.25, 0.3) is 11.8 Å². The van der Waals surface area contributed by atoms with E-state index in [2.05, 4.69) is 10.2 Å². The van der Waals surface area contributed by atoms with Gasteiger partial charge >= 0.3 is 0 Å². The van der Waals surface area contributed by atoms with Gasteiger partial charge in [-0.15, -0.1) is 33.3 Å². The summed E-state index contributed by atoms with van der Waals surface area (Å²) in [6, 6.07) is 11.8. The molecule has 0 atom stereocenters. The van der Waals surface area contributed by atoms with Crippen molar-refractivity contribution in [1.29, 1.82) is 0 Å². The van der Waals surface area contributed by atoms with E-state index < -0.39 is 0 Å². The number of nitrogens with zero attached hydrogens (tertiary/aromatic N) is 2. The van der Waals surface area contributed by atoms with Crippen molar-refractivity contribution in [2.24, 2.45) is 0 Å². The van der Waals surface area contributed by atoms with Gasteiger partial charge in [0, 0.05) is 4.90 Å². The number of hydrogen-bond donors (Lipinski definition) is 0. The molecule has 0 fully saturated rings. The highest BCUT2D eigenvalue weighted by atomic mass is 32.2. The van der Waals surface area contributed by atoms with Crippen molar-refractivity contribution in [3.63, 3.8) is 0 Å². The van der Waals surface area contributed by atoms with Gasteiger partial charge in [-0.25, -0.2) is 0 Å². The molecule has 0 saturated carbocycles. The molecule has 0 spiro atoms. The average Bonchev–Trinajstić information content (AvgIpc) is 3.16. The Morgan fingerprint density at radius 1 is 1.20 bits per heavy atom. The highest BCUT2D eigenvalue weighted by Crippen LogP contribution is 2.24. The van der Waals surface area contributed by atoms with Gasteiger partial charge in [0.05, 0.1) is 4.88 Å². The first-order valence-electron chi connectivity index (χ1n) is 5.98. The highest BCUT2D eigenvalue weighted by molar-refractivity contribution is 7.98. The molecule has 0 saturated heterocycles. The largest absolute Gasteiger partial charge is 0.484 e. The number of aromatic nitrogens is 2. The third-order valence-electron chi connectivity index (χ3n) is 2.62. The Kier molecular flexibility index (Phi) is 4.03. The fourth-order valence-electron chi connectivity index (χ4n) is 1.63. The molecule has 3 aromatic rings. The van der Waals surface area contributed by atoms with Crippen LogP contribution in [0.1, 0.15) is 5.89 Å². The first kappa shape index (κ1) is 13.2. The molecule has 4 nitrogen and oxygen atoms in total. The van der Waals surface area contributed by atoms with Crippen LogP contribution in [-0.2, 0) is 6.61 Å². The Morgan fingerprint density at radius 3 is 2.75 bits per heavy atom. The molecule has 102 valence electrons. The lowest BCUT2D eigenvalue weighted by molar-refractivity contribution is 0.264. The second-order valence-corrected chi connectivity index (χ2v) is 5.77. The van der Waals surface area contributed by atoms with Gasteiger partial charge in [0.2, 0.25) is 0 Å². The Balaban J connectivity index is 1.63. The quantitative estimate of drug-likeness (QED) is 0.664. The lowest BCUT2D eigenvalue weighted by atomic mass is 10.3. The predicted octanol–water partition coefficient (Wildman–Crippen LogP) is 4.10. The molecule has 0 bridgehead atoms. The summed E-state index contributed by atoms with van der Waals surface area (Å²) in [4.78, 5) is 2.17. The molecular weight excluding hydrogens is 292 g/mol. The second-order valence-electron chi connectivity index (χ2n) is 3.94. The maximum absolute atomic E-state index is 5.62. The van der Waals surface area contributed by atoms with E-state index in [0.29, 0.717) is 11.8 Å². The van der Waals surface area contributed by atoms with Crippen LogP contribution in [0.2, 0.25) is 0 Å². The fourth-order valence-corrected chi connectivity index (χ4v) is 2.68. The van der Waals surface area contributed by atoms with Crippen LogP contribution in [0.15, 0.2) is 51.1 Å². The second kappa shape index (κ2) is 6.11. The number of thioether (sulfide) groups is 1. The lowest BCUT2D eigenvalue weighted by Gasteiger charge is -2.03. The molecule has 0 N–H and O–H groups in total. The van der Waals surface area contributed by atoms with Crippen LogP contribution in [0, 0.1) is 0 Å². The van der Waals surface area contributed by atoms with Crippen LogP contribution in [-0.4, -0.2) is 16.5 Å². The topological polar surface area (TPSA) is 48.2 Å². The van der Waals surface area contributed by atoms with E-state index >= 15 is 0 Å². The molecule has 3 rings (SSSR count). The summed E-state index contributed by atoms with van der Waals surface area (Å²) in [5.74, 6) is 1.80. The Bertz CT molecular complexity index is 663. The number of thiophene rings is 1. The van der Waals surface area contributed by atoms with E-state index in [1.807, 2.05) is 48.0 Å². The van der Waals surface area contributed by atoms with Crippen molar-refractivity contribution < 1.29 is 9.15 Å². The first-order valence-corrected chi connectivity index (χ1v) is 8.09. The normalized spacial score (nSPS) is 10.7. The maximum Gasteiger partial charge on any atom is 0.257 e. The van der Waals surface area contributed by atoms with Crippen LogP contribution in [0.3, 0.4) is 0 Å². The van der Waals surface area contributed by atoms with Crippen molar-refractivity contribution in [3.05, 3.63) is 47.7 Å². The van der Waals surface area contributed by atoms with Gasteiger partial charge in [-0.1, -0.05) is 6.07 Å². The van der Waals surface area contributed by atoms with Gasteiger partial charge in [0.15, 0.2) is 6.61 Å². The first-order chi connectivity index (χ1) is 9.85. The van der Waals surface area contributed by atoms with E-state index in [1.54, 1.807) is 23.1 Å². The molecule has 0 aliphatic rings. The molecule has 2 heterocycles. The van der Waals surface area contributed by atoms with E-state index in [0.717, 1.165) is 10.6 Å².